The van der Waals surface area contributed by atoms with Gasteiger partial charge in [-0.2, -0.15) is 0 Å². The van der Waals surface area contributed by atoms with E-state index >= 15 is 0 Å². The standard InChI is InChI=1S/C15H23NO3/c1-17-10-11-18-13-6-8-15(9-7-13)19-14-4-2-12(16)3-5-14/h2-5,13,15H,6-11,16H2,1H3. The summed E-state index contributed by atoms with van der Waals surface area (Å²) in [7, 11) is 1.70. The lowest BCUT2D eigenvalue weighted by atomic mass is 9.95. The molecule has 1 aliphatic rings. The van der Waals surface area contributed by atoms with Crippen LogP contribution in [0, 0.1) is 0 Å². The number of hydrogen-bond donors (Lipinski definition) is 1. The fraction of sp³-hybridized carbons (Fsp3) is 0.600. The number of nitrogens with two attached hydrogens (primary N) is 1. The van der Waals surface area contributed by atoms with E-state index < -0.39 is 0 Å². The molecule has 1 fully saturated rings. The Morgan fingerprint density at radius 1 is 1.00 bits per heavy atom. The molecular formula is C15H23NO3. The predicted octanol–water partition coefficient (Wildman–Crippen LogP) is 2.62. The molecule has 0 aromatic heterocycles. The molecule has 0 atom stereocenters. The molecule has 106 valence electrons. The normalized spacial score (nSPS) is 23.2. The summed E-state index contributed by atoms with van der Waals surface area (Å²) in [5.74, 6) is 0.901. The maximum absolute atomic E-state index is 5.95. The molecule has 0 aliphatic heterocycles. The summed E-state index contributed by atoms with van der Waals surface area (Å²) in [5.41, 5.74) is 6.42. The molecular weight excluding hydrogens is 242 g/mol. The van der Waals surface area contributed by atoms with Crippen LogP contribution in [0.5, 0.6) is 5.75 Å². The number of benzene rings is 1. The SMILES string of the molecule is COCCOC1CCC(Oc2ccc(N)cc2)CC1. The summed E-state index contributed by atoms with van der Waals surface area (Å²) in [6, 6.07) is 7.59. The molecule has 1 aromatic rings. The first-order valence-electron chi connectivity index (χ1n) is 6.90. The maximum Gasteiger partial charge on any atom is 0.119 e. The summed E-state index contributed by atoms with van der Waals surface area (Å²) < 4.78 is 16.7. The van der Waals surface area contributed by atoms with Gasteiger partial charge >= 0.3 is 0 Å². The fourth-order valence-electron chi connectivity index (χ4n) is 2.35. The number of anilines is 1. The average Bonchev–Trinajstić information content (AvgIpc) is 2.44. The Hall–Kier alpha value is -1.26. The van der Waals surface area contributed by atoms with Crippen LogP contribution in [0.4, 0.5) is 5.69 Å². The van der Waals surface area contributed by atoms with E-state index in [0.29, 0.717) is 25.4 Å². The maximum atomic E-state index is 5.95. The molecule has 0 bridgehead atoms. The molecule has 4 heteroatoms. The first-order valence-corrected chi connectivity index (χ1v) is 6.90. The zero-order valence-electron chi connectivity index (χ0n) is 11.5. The summed E-state index contributed by atoms with van der Waals surface area (Å²) in [6.07, 6.45) is 4.86. The summed E-state index contributed by atoms with van der Waals surface area (Å²) in [4.78, 5) is 0. The second kappa shape index (κ2) is 7.36. The first kappa shape index (κ1) is 14.2. The van der Waals surface area contributed by atoms with Crippen LogP contribution in [0.2, 0.25) is 0 Å². The molecule has 4 nitrogen and oxygen atoms in total. The van der Waals surface area contributed by atoms with Crippen LogP contribution in [-0.2, 0) is 9.47 Å². The lowest BCUT2D eigenvalue weighted by molar-refractivity contribution is -0.0176. The van der Waals surface area contributed by atoms with Crippen molar-refractivity contribution in [3.63, 3.8) is 0 Å². The largest absolute Gasteiger partial charge is 0.490 e. The second-order valence-electron chi connectivity index (χ2n) is 4.95. The van der Waals surface area contributed by atoms with Crippen LogP contribution in [0.1, 0.15) is 25.7 Å². The lowest BCUT2D eigenvalue weighted by Gasteiger charge is -2.29. The molecule has 1 saturated carbocycles. The van der Waals surface area contributed by atoms with Gasteiger partial charge in [0.1, 0.15) is 5.75 Å². The van der Waals surface area contributed by atoms with Gasteiger partial charge < -0.3 is 19.9 Å². The molecule has 2 rings (SSSR count). The van der Waals surface area contributed by atoms with Crippen molar-refractivity contribution in [3.05, 3.63) is 24.3 Å². The van der Waals surface area contributed by atoms with Gasteiger partial charge in [0.05, 0.1) is 25.4 Å². The van der Waals surface area contributed by atoms with E-state index in [0.717, 1.165) is 37.1 Å². The zero-order valence-corrected chi connectivity index (χ0v) is 11.5. The zero-order chi connectivity index (χ0) is 13.5. The van der Waals surface area contributed by atoms with Gasteiger partial charge in [-0.15, -0.1) is 0 Å². The van der Waals surface area contributed by atoms with Crippen molar-refractivity contribution in [2.45, 2.75) is 37.9 Å². The van der Waals surface area contributed by atoms with E-state index in [2.05, 4.69) is 0 Å². The van der Waals surface area contributed by atoms with E-state index in [-0.39, 0.29) is 0 Å². The van der Waals surface area contributed by atoms with Gasteiger partial charge in [0.25, 0.3) is 0 Å². The number of methoxy groups -OCH3 is 1. The second-order valence-corrected chi connectivity index (χ2v) is 4.95. The van der Waals surface area contributed by atoms with E-state index in [1.165, 1.54) is 0 Å². The molecule has 0 radical (unpaired) electrons. The van der Waals surface area contributed by atoms with Crippen molar-refractivity contribution in [2.75, 3.05) is 26.1 Å². The smallest absolute Gasteiger partial charge is 0.119 e. The number of rotatable bonds is 6. The summed E-state index contributed by atoms with van der Waals surface area (Å²) >= 11 is 0. The van der Waals surface area contributed by atoms with Crippen molar-refractivity contribution in [1.82, 2.24) is 0 Å². The molecule has 0 saturated heterocycles. The van der Waals surface area contributed by atoms with Crippen molar-refractivity contribution < 1.29 is 14.2 Å². The van der Waals surface area contributed by atoms with Crippen LogP contribution < -0.4 is 10.5 Å². The predicted molar refractivity (Wildman–Crippen MR) is 75.4 cm³/mol. The lowest BCUT2D eigenvalue weighted by Crippen LogP contribution is -2.29. The van der Waals surface area contributed by atoms with Gasteiger partial charge in [-0.25, -0.2) is 0 Å². The Morgan fingerprint density at radius 3 is 2.26 bits per heavy atom. The average molecular weight is 265 g/mol. The minimum absolute atomic E-state index is 0.297. The Labute approximate surface area is 114 Å². The number of nitrogen functional groups attached to an aromatic ring is 1. The van der Waals surface area contributed by atoms with E-state index in [4.69, 9.17) is 19.9 Å². The third-order valence-corrected chi connectivity index (χ3v) is 3.45. The molecule has 2 N–H and O–H groups in total. The molecule has 0 unspecified atom stereocenters. The van der Waals surface area contributed by atoms with Crippen molar-refractivity contribution in [2.24, 2.45) is 0 Å². The molecule has 0 amide bonds. The minimum Gasteiger partial charge on any atom is -0.490 e. The summed E-state index contributed by atoms with van der Waals surface area (Å²) in [6.45, 7) is 1.35. The molecule has 19 heavy (non-hydrogen) atoms. The molecule has 1 aliphatic carbocycles. The van der Waals surface area contributed by atoms with Crippen LogP contribution in [-0.4, -0.2) is 32.5 Å². The van der Waals surface area contributed by atoms with E-state index in [9.17, 15) is 0 Å². The quantitative estimate of drug-likeness (QED) is 0.634. The Balaban J connectivity index is 1.69. The topological polar surface area (TPSA) is 53.7 Å². The van der Waals surface area contributed by atoms with Crippen LogP contribution >= 0.6 is 0 Å². The highest BCUT2D eigenvalue weighted by atomic mass is 16.5. The van der Waals surface area contributed by atoms with Crippen LogP contribution in [0.15, 0.2) is 24.3 Å². The van der Waals surface area contributed by atoms with Crippen molar-refractivity contribution >= 4 is 5.69 Å². The minimum atomic E-state index is 0.297. The highest BCUT2D eigenvalue weighted by Gasteiger charge is 2.22. The van der Waals surface area contributed by atoms with E-state index in [1.54, 1.807) is 7.11 Å². The van der Waals surface area contributed by atoms with E-state index in [1.807, 2.05) is 24.3 Å². The number of ether oxygens (including phenoxy) is 3. The third-order valence-electron chi connectivity index (χ3n) is 3.45. The third kappa shape index (κ3) is 4.73. The molecule has 1 aromatic carbocycles. The van der Waals surface area contributed by atoms with Gasteiger partial charge in [0.15, 0.2) is 0 Å². The van der Waals surface area contributed by atoms with Gasteiger partial charge in [0, 0.05) is 12.8 Å². The van der Waals surface area contributed by atoms with Crippen LogP contribution in [0.25, 0.3) is 0 Å². The van der Waals surface area contributed by atoms with Gasteiger partial charge in [-0.3, -0.25) is 0 Å². The monoisotopic (exact) mass is 265 g/mol. The summed E-state index contributed by atoms with van der Waals surface area (Å²) in [5, 5.41) is 0. The first-order chi connectivity index (χ1) is 9.28. The Bertz CT molecular complexity index is 358. The Morgan fingerprint density at radius 2 is 1.63 bits per heavy atom. The fourth-order valence-corrected chi connectivity index (χ4v) is 2.35. The van der Waals surface area contributed by atoms with Crippen LogP contribution in [0.3, 0.4) is 0 Å². The number of hydrogen-bond acceptors (Lipinski definition) is 4. The highest BCUT2D eigenvalue weighted by molar-refractivity contribution is 5.41. The molecule has 0 heterocycles. The van der Waals surface area contributed by atoms with Gasteiger partial charge in [-0.05, 0) is 49.9 Å². The van der Waals surface area contributed by atoms with Gasteiger partial charge in [0.2, 0.25) is 0 Å². The van der Waals surface area contributed by atoms with Crippen molar-refractivity contribution in [3.8, 4) is 5.75 Å². The Kier molecular flexibility index (Phi) is 5.48. The van der Waals surface area contributed by atoms with Crippen molar-refractivity contribution in [1.29, 1.82) is 0 Å². The highest BCUT2D eigenvalue weighted by Crippen LogP contribution is 2.25. The molecule has 0 spiro atoms. The van der Waals surface area contributed by atoms with Gasteiger partial charge in [-0.1, -0.05) is 0 Å².